The Bertz CT molecular complexity index is 1620. The van der Waals surface area contributed by atoms with Crippen molar-refractivity contribution in [1.29, 1.82) is 0 Å². The van der Waals surface area contributed by atoms with E-state index < -0.39 is 34.7 Å². The molecule has 1 fully saturated rings. The third-order valence-electron chi connectivity index (χ3n) is 7.95. The summed E-state index contributed by atoms with van der Waals surface area (Å²) in [6.45, 7) is 6.16. The average Bonchev–Trinajstić information content (AvgIpc) is 3.34. The van der Waals surface area contributed by atoms with Gasteiger partial charge in [-0.15, -0.1) is 11.8 Å². The highest BCUT2D eigenvalue weighted by molar-refractivity contribution is 8.00. The van der Waals surface area contributed by atoms with E-state index in [2.05, 4.69) is 15.6 Å². The smallest absolute Gasteiger partial charge is 0.254 e. The molecular formula is C34H36N4O4S. The molecule has 3 amide bonds. The van der Waals surface area contributed by atoms with Crippen molar-refractivity contribution in [3.05, 3.63) is 114 Å². The monoisotopic (exact) mass is 596 g/mol. The van der Waals surface area contributed by atoms with Crippen LogP contribution in [0, 0.1) is 6.92 Å². The average molecular weight is 597 g/mol. The van der Waals surface area contributed by atoms with Crippen molar-refractivity contribution in [1.82, 2.24) is 20.5 Å². The van der Waals surface area contributed by atoms with Gasteiger partial charge in [0, 0.05) is 29.1 Å². The number of carbonyl (C=O) groups excluding carboxylic acids is 3. The van der Waals surface area contributed by atoms with E-state index >= 15 is 0 Å². The summed E-state index contributed by atoms with van der Waals surface area (Å²) in [6, 6.07) is 22.8. The minimum Gasteiger partial charge on any atom is -0.381 e. The molecule has 1 saturated heterocycles. The van der Waals surface area contributed by atoms with Crippen LogP contribution in [0.2, 0.25) is 0 Å². The normalized spacial score (nSPS) is 17.3. The summed E-state index contributed by atoms with van der Waals surface area (Å²) < 4.78 is -0.585. The largest absolute Gasteiger partial charge is 0.381 e. The first-order valence-electron chi connectivity index (χ1n) is 14.3. The molecule has 2 heterocycles. The molecule has 3 aromatic carbocycles. The van der Waals surface area contributed by atoms with Crippen LogP contribution in [0.5, 0.6) is 0 Å². The van der Waals surface area contributed by atoms with Gasteiger partial charge in [-0.05, 0) is 49.3 Å². The molecule has 0 bridgehead atoms. The van der Waals surface area contributed by atoms with Gasteiger partial charge in [0.25, 0.3) is 11.8 Å². The summed E-state index contributed by atoms with van der Waals surface area (Å²) in [5, 5.41) is 19.0. The maximum Gasteiger partial charge on any atom is 0.254 e. The predicted octanol–water partition coefficient (Wildman–Crippen LogP) is 4.24. The second kappa shape index (κ2) is 13.0. The summed E-state index contributed by atoms with van der Waals surface area (Å²) in [5.41, 5.74) is 3.25. The van der Waals surface area contributed by atoms with E-state index in [1.165, 1.54) is 22.9 Å². The van der Waals surface area contributed by atoms with Gasteiger partial charge >= 0.3 is 0 Å². The van der Waals surface area contributed by atoms with Crippen LogP contribution in [0.3, 0.4) is 0 Å². The van der Waals surface area contributed by atoms with E-state index in [0.717, 1.165) is 27.5 Å². The second-order valence-corrected chi connectivity index (χ2v) is 13.0. The van der Waals surface area contributed by atoms with Crippen molar-refractivity contribution in [2.45, 2.75) is 56.7 Å². The van der Waals surface area contributed by atoms with Gasteiger partial charge in [-0.1, -0.05) is 78.9 Å². The Hall–Kier alpha value is -4.21. The Morgan fingerprint density at radius 1 is 1.00 bits per heavy atom. The number of amides is 3. The lowest BCUT2D eigenvalue weighted by Gasteiger charge is -2.33. The van der Waals surface area contributed by atoms with E-state index in [4.69, 9.17) is 0 Å². The predicted molar refractivity (Wildman–Crippen MR) is 169 cm³/mol. The zero-order valence-corrected chi connectivity index (χ0v) is 25.3. The molecule has 4 aromatic rings. The van der Waals surface area contributed by atoms with Crippen LogP contribution in [0.25, 0.3) is 10.8 Å². The van der Waals surface area contributed by atoms with Gasteiger partial charge in [0.05, 0.1) is 17.5 Å². The molecule has 1 aromatic heterocycles. The van der Waals surface area contributed by atoms with E-state index in [9.17, 15) is 19.5 Å². The molecule has 222 valence electrons. The van der Waals surface area contributed by atoms with Crippen molar-refractivity contribution < 1.29 is 19.5 Å². The Labute approximate surface area is 255 Å². The fourth-order valence-corrected chi connectivity index (χ4v) is 6.64. The number of thioether (sulfide) groups is 1. The van der Waals surface area contributed by atoms with Gasteiger partial charge in [-0.25, -0.2) is 0 Å². The number of rotatable bonds is 9. The number of carbonyl (C=O) groups is 3. The summed E-state index contributed by atoms with van der Waals surface area (Å²) in [5.74, 6) is -1.10. The van der Waals surface area contributed by atoms with Gasteiger partial charge in [0.1, 0.15) is 6.04 Å². The Morgan fingerprint density at radius 2 is 1.70 bits per heavy atom. The highest BCUT2D eigenvalue weighted by atomic mass is 32.2. The molecule has 8 nitrogen and oxygen atoms in total. The number of hydrogen-bond acceptors (Lipinski definition) is 6. The Morgan fingerprint density at radius 3 is 2.47 bits per heavy atom. The van der Waals surface area contributed by atoms with Crippen LogP contribution in [0.4, 0.5) is 0 Å². The summed E-state index contributed by atoms with van der Waals surface area (Å²) in [6.07, 6.45) is 1.79. The molecule has 0 radical (unpaired) electrons. The molecule has 43 heavy (non-hydrogen) atoms. The summed E-state index contributed by atoms with van der Waals surface area (Å²) in [7, 11) is 0. The van der Waals surface area contributed by atoms with E-state index in [1.54, 1.807) is 6.20 Å². The molecule has 0 spiro atoms. The van der Waals surface area contributed by atoms with Crippen LogP contribution in [-0.4, -0.2) is 61.5 Å². The lowest BCUT2D eigenvalue weighted by Crippen LogP contribution is -2.58. The number of aliphatic hydroxyl groups is 1. The zero-order chi connectivity index (χ0) is 30.6. The maximum atomic E-state index is 14.0. The topological polar surface area (TPSA) is 112 Å². The molecule has 3 N–H and O–H groups in total. The third-order valence-corrected chi connectivity index (χ3v) is 9.33. The zero-order valence-electron chi connectivity index (χ0n) is 24.5. The third kappa shape index (κ3) is 6.73. The van der Waals surface area contributed by atoms with Crippen LogP contribution in [0.15, 0.2) is 91.3 Å². The molecule has 9 heteroatoms. The lowest BCUT2D eigenvalue weighted by molar-refractivity contribution is -0.147. The van der Waals surface area contributed by atoms with Crippen molar-refractivity contribution in [3.8, 4) is 0 Å². The SMILES string of the molecule is Cc1ccccc1CNC(=O)C1N(C(=O)C(O)C(Cc2ccccc2)NC(=O)c2cncc3ccccc23)CSC1(C)C. The van der Waals surface area contributed by atoms with Crippen LogP contribution in [-0.2, 0) is 22.6 Å². The number of nitrogens with one attached hydrogen (secondary N) is 2. The van der Waals surface area contributed by atoms with Crippen LogP contribution < -0.4 is 10.6 Å². The number of hydrogen-bond donors (Lipinski definition) is 3. The molecule has 5 rings (SSSR count). The molecule has 3 unspecified atom stereocenters. The molecule has 1 aliphatic rings. The number of fused-ring (bicyclic) bond motifs is 1. The quantitative estimate of drug-likeness (QED) is 0.267. The fraction of sp³-hybridized carbons (Fsp3) is 0.294. The lowest BCUT2D eigenvalue weighted by atomic mass is 9.96. The number of pyridine rings is 1. The molecule has 0 saturated carbocycles. The molecule has 1 aliphatic heterocycles. The van der Waals surface area contributed by atoms with E-state index in [-0.39, 0.29) is 18.2 Å². The van der Waals surface area contributed by atoms with E-state index in [0.29, 0.717) is 12.1 Å². The van der Waals surface area contributed by atoms with Gasteiger partial charge < -0.3 is 20.6 Å². The minimum atomic E-state index is -1.59. The van der Waals surface area contributed by atoms with Crippen molar-refractivity contribution in [3.63, 3.8) is 0 Å². The number of nitrogens with zero attached hydrogens (tertiary/aromatic N) is 2. The number of aromatic nitrogens is 1. The standard InChI is InChI=1S/C34H36N4O4S/c1-22-11-7-8-14-24(22)19-36-32(41)30-34(2,3)43-21-38(30)33(42)29(39)28(17-23-12-5-4-6-13-23)37-31(40)27-20-35-18-25-15-9-10-16-26(25)27/h4-16,18,20,28-30,39H,17,19,21H2,1-3H3,(H,36,41)(H,37,40). The van der Waals surface area contributed by atoms with Crippen LogP contribution in [0.1, 0.15) is 40.9 Å². The second-order valence-electron chi connectivity index (χ2n) is 11.4. The highest BCUT2D eigenvalue weighted by Gasteiger charge is 2.49. The van der Waals surface area contributed by atoms with Crippen molar-refractivity contribution >= 4 is 40.3 Å². The van der Waals surface area contributed by atoms with Gasteiger partial charge in [-0.3, -0.25) is 19.4 Å². The Balaban J connectivity index is 1.38. The highest BCUT2D eigenvalue weighted by Crippen LogP contribution is 2.40. The van der Waals surface area contributed by atoms with Crippen molar-refractivity contribution in [2.75, 3.05) is 5.88 Å². The maximum absolute atomic E-state index is 14.0. The first kappa shape index (κ1) is 30.3. The molecule has 3 atom stereocenters. The van der Waals surface area contributed by atoms with Crippen molar-refractivity contribution in [2.24, 2.45) is 0 Å². The number of aliphatic hydroxyl groups excluding tert-OH is 1. The van der Waals surface area contributed by atoms with Gasteiger partial charge in [0.15, 0.2) is 6.10 Å². The fourth-order valence-electron chi connectivity index (χ4n) is 5.50. The summed E-state index contributed by atoms with van der Waals surface area (Å²) >= 11 is 1.48. The van der Waals surface area contributed by atoms with Crippen LogP contribution >= 0.6 is 11.8 Å². The minimum absolute atomic E-state index is 0.214. The first-order valence-corrected chi connectivity index (χ1v) is 15.3. The van der Waals surface area contributed by atoms with Gasteiger partial charge in [0.2, 0.25) is 5.91 Å². The number of benzene rings is 3. The first-order chi connectivity index (χ1) is 20.7. The summed E-state index contributed by atoms with van der Waals surface area (Å²) in [4.78, 5) is 46.7. The molecular weight excluding hydrogens is 560 g/mol. The molecule has 0 aliphatic carbocycles. The van der Waals surface area contributed by atoms with E-state index in [1.807, 2.05) is 99.6 Å². The Kier molecular flexibility index (Phi) is 9.13. The number of aryl methyl sites for hydroxylation is 1. The van der Waals surface area contributed by atoms with Gasteiger partial charge in [-0.2, -0.15) is 0 Å².